The zero-order valence-corrected chi connectivity index (χ0v) is 21.5. The summed E-state index contributed by atoms with van der Waals surface area (Å²) < 4.78 is 37.9. The minimum atomic E-state index is -4.44. The van der Waals surface area contributed by atoms with E-state index in [4.69, 9.17) is 0 Å². The van der Waals surface area contributed by atoms with Crippen molar-refractivity contribution in [3.8, 4) is 0 Å². The molecule has 0 N–H and O–H groups in total. The summed E-state index contributed by atoms with van der Waals surface area (Å²) in [5.41, 5.74) is -2.24. The van der Waals surface area contributed by atoms with Gasteiger partial charge in [0.2, 0.25) is 0 Å². The van der Waals surface area contributed by atoms with Crippen LogP contribution in [-0.2, 0) is 11.3 Å². The van der Waals surface area contributed by atoms with Gasteiger partial charge in [0.25, 0.3) is 11.8 Å². The van der Waals surface area contributed by atoms with E-state index in [0.717, 1.165) is 10.6 Å². The average molecular weight is 556 g/mol. The van der Waals surface area contributed by atoms with Crippen molar-refractivity contribution in [1.82, 2.24) is 14.8 Å². The number of para-hydroxylation sites is 1. The number of carbonyl (C=O) groups excluding carboxylic acids is 3. The third kappa shape index (κ3) is 6.00. The van der Waals surface area contributed by atoms with Gasteiger partial charge in [0.15, 0.2) is 0 Å². The summed E-state index contributed by atoms with van der Waals surface area (Å²) in [6, 6.07) is 16.1. The second kappa shape index (κ2) is 11.0. The van der Waals surface area contributed by atoms with E-state index >= 15 is 0 Å². The molecule has 5 rings (SSSR count). The number of urea groups is 1. The summed E-state index contributed by atoms with van der Waals surface area (Å²) >= 11 is -0.273. The van der Waals surface area contributed by atoms with Crippen LogP contribution in [0, 0.1) is 0 Å². The summed E-state index contributed by atoms with van der Waals surface area (Å²) in [4.78, 5) is 49.5. The quantitative estimate of drug-likeness (QED) is 0.326. The number of halogens is 3. The van der Waals surface area contributed by atoms with Crippen LogP contribution in [0.3, 0.4) is 0 Å². The number of aromatic nitrogens is 1. The lowest BCUT2D eigenvalue weighted by atomic mass is 10.1. The molecule has 39 heavy (non-hydrogen) atoms. The Bertz CT molecular complexity index is 1360. The molecule has 2 aliphatic rings. The molecule has 1 aromatic heterocycles. The number of carbonyl (C=O) groups is 3. The number of thioether (sulfide) groups is 1. The Morgan fingerprint density at radius 3 is 2.26 bits per heavy atom. The van der Waals surface area contributed by atoms with E-state index in [1.807, 2.05) is 30.3 Å². The van der Waals surface area contributed by atoms with E-state index in [1.54, 1.807) is 11.0 Å². The Hall–Kier alpha value is -4.06. The van der Waals surface area contributed by atoms with Gasteiger partial charge in [-0.05, 0) is 59.8 Å². The molecule has 0 radical (unpaired) electrons. The molecule has 8 nitrogen and oxygen atoms in total. The molecule has 2 saturated heterocycles. The highest BCUT2D eigenvalue weighted by Crippen LogP contribution is 2.37. The number of rotatable bonds is 6. The summed E-state index contributed by atoms with van der Waals surface area (Å²) in [6.45, 7) is 2.21. The molecule has 0 atom stereocenters. The fourth-order valence-electron chi connectivity index (χ4n) is 4.66. The Labute approximate surface area is 227 Å². The molecule has 2 aliphatic heterocycles. The van der Waals surface area contributed by atoms with E-state index in [0.29, 0.717) is 37.3 Å². The zero-order valence-electron chi connectivity index (χ0n) is 20.7. The van der Waals surface area contributed by atoms with Gasteiger partial charge >= 0.3 is 11.5 Å². The van der Waals surface area contributed by atoms with Crippen LogP contribution in [0.15, 0.2) is 78.0 Å². The van der Waals surface area contributed by atoms with Gasteiger partial charge in [-0.2, -0.15) is 13.2 Å². The standard InChI is InChI=1S/C27H24F3N5O3S/c28-27(29,30)39-22-8-6-21(7-9-22)35-24(36)18-34(26(35)38)17-19-10-11-31-16-23(19)25(37)33-14-12-32(13-15-33)20-4-2-1-3-5-20/h1-11,16H,12-15,17-18H2. The number of amides is 4. The molecule has 3 heterocycles. The molecule has 0 unspecified atom stereocenters. The lowest BCUT2D eigenvalue weighted by Crippen LogP contribution is -2.49. The highest BCUT2D eigenvalue weighted by atomic mass is 32.2. The van der Waals surface area contributed by atoms with Crippen LogP contribution < -0.4 is 9.80 Å². The number of hydrogen-bond donors (Lipinski definition) is 0. The molecule has 4 amide bonds. The largest absolute Gasteiger partial charge is 0.446 e. The Kier molecular flexibility index (Phi) is 7.47. The first-order chi connectivity index (χ1) is 18.7. The third-order valence-corrected chi connectivity index (χ3v) is 7.30. The number of hydrogen-bond acceptors (Lipinski definition) is 6. The minimum Gasteiger partial charge on any atom is -0.368 e. The molecular formula is C27H24F3N5O3S. The second-order valence-corrected chi connectivity index (χ2v) is 10.2. The van der Waals surface area contributed by atoms with Gasteiger partial charge in [-0.15, -0.1) is 0 Å². The molecule has 2 fully saturated rings. The van der Waals surface area contributed by atoms with Crippen molar-refractivity contribution in [2.75, 3.05) is 42.5 Å². The summed E-state index contributed by atoms with van der Waals surface area (Å²) in [5.74, 6) is -0.700. The number of piperazine rings is 1. The maximum atomic E-state index is 13.4. The van der Waals surface area contributed by atoms with Gasteiger partial charge in [0, 0.05) is 55.7 Å². The van der Waals surface area contributed by atoms with Crippen LogP contribution in [0.1, 0.15) is 15.9 Å². The topological polar surface area (TPSA) is 77.1 Å². The zero-order chi connectivity index (χ0) is 27.6. The van der Waals surface area contributed by atoms with E-state index in [-0.39, 0.29) is 41.3 Å². The Balaban J connectivity index is 1.26. The lowest BCUT2D eigenvalue weighted by Gasteiger charge is -2.36. The smallest absolute Gasteiger partial charge is 0.368 e. The van der Waals surface area contributed by atoms with Crippen LogP contribution in [0.4, 0.5) is 29.3 Å². The normalized spacial score (nSPS) is 16.3. The van der Waals surface area contributed by atoms with Crippen molar-refractivity contribution >= 4 is 41.0 Å². The lowest BCUT2D eigenvalue weighted by molar-refractivity contribution is -0.116. The molecule has 0 spiro atoms. The minimum absolute atomic E-state index is 0.0106. The summed E-state index contributed by atoms with van der Waals surface area (Å²) in [6.07, 6.45) is 3.00. The van der Waals surface area contributed by atoms with Gasteiger partial charge in [-0.3, -0.25) is 14.6 Å². The van der Waals surface area contributed by atoms with E-state index in [1.165, 1.54) is 41.6 Å². The van der Waals surface area contributed by atoms with Crippen molar-refractivity contribution in [1.29, 1.82) is 0 Å². The monoisotopic (exact) mass is 555 g/mol. The number of anilines is 2. The number of benzene rings is 2. The molecule has 12 heteroatoms. The van der Waals surface area contributed by atoms with Gasteiger partial charge in [0.05, 0.1) is 11.3 Å². The highest BCUT2D eigenvalue weighted by molar-refractivity contribution is 8.00. The van der Waals surface area contributed by atoms with Crippen LogP contribution >= 0.6 is 11.8 Å². The van der Waals surface area contributed by atoms with Crippen molar-refractivity contribution in [2.45, 2.75) is 16.9 Å². The number of imide groups is 1. The maximum absolute atomic E-state index is 13.4. The first-order valence-corrected chi connectivity index (χ1v) is 13.0. The van der Waals surface area contributed by atoms with Crippen molar-refractivity contribution in [3.05, 3.63) is 84.2 Å². The highest BCUT2D eigenvalue weighted by Gasteiger charge is 2.38. The number of pyridine rings is 1. The van der Waals surface area contributed by atoms with Gasteiger partial charge in [-0.25, -0.2) is 9.69 Å². The van der Waals surface area contributed by atoms with Crippen molar-refractivity contribution in [2.24, 2.45) is 0 Å². The van der Waals surface area contributed by atoms with Crippen molar-refractivity contribution < 1.29 is 27.6 Å². The van der Waals surface area contributed by atoms with E-state index < -0.39 is 17.4 Å². The molecular weight excluding hydrogens is 531 g/mol. The fraction of sp³-hybridized carbons (Fsp3) is 0.259. The first-order valence-electron chi connectivity index (χ1n) is 12.2. The van der Waals surface area contributed by atoms with Crippen molar-refractivity contribution in [3.63, 3.8) is 0 Å². The van der Waals surface area contributed by atoms with Gasteiger partial charge in [-0.1, -0.05) is 18.2 Å². The van der Waals surface area contributed by atoms with Gasteiger partial charge in [0.1, 0.15) is 6.54 Å². The predicted octanol–water partition coefficient (Wildman–Crippen LogP) is 4.62. The average Bonchev–Trinajstić information content (AvgIpc) is 3.21. The van der Waals surface area contributed by atoms with E-state index in [9.17, 15) is 27.6 Å². The summed E-state index contributed by atoms with van der Waals surface area (Å²) in [5, 5.41) is 0. The Morgan fingerprint density at radius 1 is 0.897 bits per heavy atom. The number of nitrogens with zero attached hydrogens (tertiary/aromatic N) is 5. The molecule has 0 bridgehead atoms. The van der Waals surface area contributed by atoms with E-state index in [2.05, 4.69) is 9.88 Å². The fourth-order valence-corrected chi connectivity index (χ4v) is 5.20. The SMILES string of the molecule is O=C(c1cnccc1CN1CC(=O)N(c2ccc(SC(F)(F)F)cc2)C1=O)N1CCN(c2ccccc2)CC1. The van der Waals surface area contributed by atoms with Crippen LogP contribution in [0.2, 0.25) is 0 Å². The molecule has 2 aromatic carbocycles. The molecule has 0 aliphatic carbocycles. The van der Waals surface area contributed by atoms with Gasteiger partial charge < -0.3 is 14.7 Å². The Morgan fingerprint density at radius 2 is 1.59 bits per heavy atom. The molecule has 0 saturated carbocycles. The summed E-state index contributed by atoms with van der Waals surface area (Å²) in [7, 11) is 0. The third-order valence-electron chi connectivity index (χ3n) is 6.56. The van der Waals surface area contributed by atoms with Crippen LogP contribution in [0.25, 0.3) is 0 Å². The first kappa shape index (κ1) is 26.5. The predicted molar refractivity (Wildman–Crippen MR) is 140 cm³/mol. The molecule has 3 aromatic rings. The second-order valence-electron chi connectivity index (χ2n) is 9.06. The van der Waals surface area contributed by atoms with Crippen LogP contribution in [-0.4, -0.2) is 70.9 Å². The number of alkyl halides is 3. The maximum Gasteiger partial charge on any atom is 0.446 e. The van der Waals surface area contributed by atoms with Crippen LogP contribution in [0.5, 0.6) is 0 Å². The molecule has 202 valence electrons.